The summed E-state index contributed by atoms with van der Waals surface area (Å²) in [5.74, 6) is -0.120. The molecule has 1 aliphatic heterocycles. The molecule has 0 spiro atoms. The third kappa shape index (κ3) is 5.45. The van der Waals surface area contributed by atoms with Crippen LogP contribution < -0.4 is 5.32 Å². The number of benzene rings is 2. The zero-order valence-electron chi connectivity index (χ0n) is 14.2. The van der Waals surface area contributed by atoms with Crippen LogP contribution in [0.4, 0.5) is 0 Å². The van der Waals surface area contributed by atoms with Gasteiger partial charge in [0.2, 0.25) is 5.91 Å². The number of rotatable bonds is 6. The fraction of sp³-hybridized carbons (Fsp3) is 0.286. The largest absolute Gasteiger partial charge is 0.348 e. The quantitative estimate of drug-likeness (QED) is 0.786. The molecule has 1 heterocycles. The fourth-order valence-electron chi connectivity index (χ4n) is 3.06. The van der Waals surface area contributed by atoms with E-state index >= 15 is 0 Å². The lowest BCUT2D eigenvalue weighted by Gasteiger charge is -2.15. The van der Waals surface area contributed by atoms with Gasteiger partial charge in [-0.2, -0.15) is 0 Å². The van der Waals surface area contributed by atoms with Crippen molar-refractivity contribution in [3.63, 3.8) is 0 Å². The number of amides is 1. The molecule has 0 unspecified atom stereocenters. The van der Waals surface area contributed by atoms with Crippen molar-refractivity contribution in [2.24, 2.45) is 0 Å². The van der Waals surface area contributed by atoms with E-state index in [0.29, 0.717) is 11.6 Å². The number of halogens is 1. The van der Waals surface area contributed by atoms with Crippen LogP contribution in [0, 0.1) is 0 Å². The average molecular weight is 355 g/mol. The van der Waals surface area contributed by atoms with Crippen LogP contribution in [0.15, 0.2) is 54.6 Å². The van der Waals surface area contributed by atoms with Crippen molar-refractivity contribution < 1.29 is 4.79 Å². The molecule has 3 rings (SSSR count). The monoisotopic (exact) mass is 354 g/mol. The fourth-order valence-corrected chi connectivity index (χ4v) is 3.26. The number of hydrogen-bond donors (Lipinski definition) is 1. The van der Waals surface area contributed by atoms with Gasteiger partial charge in [0.05, 0.1) is 0 Å². The van der Waals surface area contributed by atoms with E-state index < -0.39 is 0 Å². The van der Waals surface area contributed by atoms with Crippen molar-refractivity contribution in [1.82, 2.24) is 10.2 Å². The topological polar surface area (TPSA) is 32.3 Å². The first-order chi connectivity index (χ1) is 12.2. The van der Waals surface area contributed by atoms with E-state index in [2.05, 4.69) is 28.4 Å². The first kappa shape index (κ1) is 17.7. The minimum Gasteiger partial charge on any atom is -0.348 e. The number of carbonyl (C=O) groups is 1. The Labute approximate surface area is 154 Å². The van der Waals surface area contributed by atoms with Crippen molar-refractivity contribution in [3.05, 3.63) is 76.3 Å². The molecule has 0 atom stereocenters. The van der Waals surface area contributed by atoms with Gasteiger partial charge in [0.15, 0.2) is 0 Å². The maximum atomic E-state index is 12.0. The van der Waals surface area contributed by atoms with E-state index in [1.807, 2.05) is 30.3 Å². The molecule has 130 valence electrons. The van der Waals surface area contributed by atoms with Crippen molar-refractivity contribution in [2.45, 2.75) is 25.9 Å². The predicted octanol–water partition coefficient (Wildman–Crippen LogP) is 4.27. The smallest absolute Gasteiger partial charge is 0.244 e. The van der Waals surface area contributed by atoms with Crippen molar-refractivity contribution in [1.29, 1.82) is 0 Å². The predicted molar refractivity (Wildman–Crippen MR) is 103 cm³/mol. The number of nitrogens with one attached hydrogen (secondary N) is 1. The highest BCUT2D eigenvalue weighted by Gasteiger charge is 2.11. The summed E-state index contributed by atoms with van der Waals surface area (Å²) in [6.07, 6.45) is 5.86. The van der Waals surface area contributed by atoms with Crippen LogP contribution in [0.1, 0.15) is 29.5 Å². The lowest BCUT2D eigenvalue weighted by atomic mass is 10.1. The van der Waals surface area contributed by atoms with Crippen LogP contribution in [0.25, 0.3) is 6.08 Å². The van der Waals surface area contributed by atoms with Gasteiger partial charge in [-0.3, -0.25) is 9.69 Å². The molecule has 2 aromatic rings. The standard InChI is InChI=1S/C21H23ClN2O/c22-20-9-2-1-8-19(20)10-11-21(25)23-15-17-6-5-7-18(14-17)16-24-12-3-4-13-24/h1-2,5-11,14H,3-4,12-13,15-16H2,(H,23,25)/b11-10+. The number of nitrogens with zero attached hydrogens (tertiary/aromatic N) is 1. The molecule has 1 aliphatic rings. The summed E-state index contributed by atoms with van der Waals surface area (Å²) < 4.78 is 0. The van der Waals surface area contributed by atoms with E-state index in [-0.39, 0.29) is 5.91 Å². The van der Waals surface area contributed by atoms with Gasteiger partial charge in [-0.05, 0) is 54.8 Å². The highest BCUT2D eigenvalue weighted by atomic mass is 35.5. The van der Waals surface area contributed by atoms with Gasteiger partial charge >= 0.3 is 0 Å². The van der Waals surface area contributed by atoms with Crippen LogP contribution in [-0.4, -0.2) is 23.9 Å². The van der Waals surface area contributed by atoms with Gasteiger partial charge < -0.3 is 5.32 Å². The van der Waals surface area contributed by atoms with Gasteiger partial charge in [0.25, 0.3) is 0 Å². The van der Waals surface area contributed by atoms with Gasteiger partial charge in [0.1, 0.15) is 0 Å². The first-order valence-corrected chi connectivity index (χ1v) is 9.09. The van der Waals surface area contributed by atoms with Gasteiger partial charge in [-0.15, -0.1) is 0 Å². The van der Waals surface area contributed by atoms with E-state index in [4.69, 9.17) is 11.6 Å². The highest BCUT2D eigenvalue weighted by Crippen LogP contribution is 2.16. The average Bonchev–Trinajstić information content (AvgIpc) is 3.12. The summed E-state index contributed by atoms with van der Waals surface area (Å²) in [6.45, 7) is 3.90. The van der Waals surface area contributed by atoms with Gasteiger partial charge in [-0.25, -0.2) is 0 Å². The van der Waals surface area contributed by atoms with E-state index in [1.165, 1.54) is 37.6 Å². The Morgan fingerprint density at radius 2 is 1.84 bits per heavy atom. The Morgan fingerprint density at radius 3 is 2.64 bits per heavy atom. The molecule has 25 heavy (non-hydrogen) atoms. The lowest BCUT2D eigenvalue weighted by Crippen LogP contribution is -2.21. The first-order valence-electron chi connectivity index (χ1n) is 8.71. The summed E-state index contributed by atoms with van der Waals surface area (Å²) in [5.41, 5.74) is 3.27. The van der Waals surface area contributed by atoms with Crippen molar-refractivity contribution >= 4 is 23.6 Å². The minimum atomic E-state index is -0.120. The maximum Gasteiger partial charge on any atom is 0.244 e. The molecule has 0 saturated carbocycles. The molecular formula is C21H23ClN2O. The molecule has 0 aromatic heterocycles. The summed E-state index contributed by atoms with van der Waals surface area (Å²) in [5, 5.41) is 3.57. The summed E-state index contributed by atoms with van der Waals surface area (Å²) >= 11 is 6.08. The van der Waals surface area contributed by atoms with Crippen molar-refractivity contribution in [2.75, 3.05) is 13.1 Å². The zero-order chi connectivity index (χ0) is 17.5. The third-order valence-corrected chi connectivity index (χ3v) is 4.73. The summed E-state index contributed by atoms with van der Waals surface area (Å²) in [4.78, 5) is 14.5. The molecule has 0 radical (unpaired) electrons. The Balaban J connectivity index is 1.52. The maximum absolute atomic E-state index is 12.0. The Bertz CT molecular complexity index is 751. The molecular weight excluding hydrogens is 332 g/mol. The highest BCUT2D eigenvalue weighted by molar-refractivity contribution is 6.32. The SMILES string of the molecule is O=C(/C=C/c1ccccc1Cl)NCc1cccc(CN2CCCC2)c1. The minimum absolute atomic E-state index is 0.120. The Morgan fingerprint density at radius 1 is 1.08 bits per heavy atom. The van der Waals surface area contributed by atoms with Crippen LogP contribution in [-0.2, 0) is 17.9 Å². The number of hydrogen-bond acceptors (Lipinski definition) is 2. The van der Waals surface area contributed by atoms with Crippen molar-refractivity contribution in [3.8, 4) is 0 Å². The van der Waals surface area contributed by atoms with Crippen LogP contribution in [0.3, 0.4) is 0 Å². The normalized spacial score (nSPS) is 14.9. The van der Waals surface area contributed by atoms with Crippen LogP contribution in [0.5, 0.6) is 0 Å². The van der Waals surface area contributed by atoms with E-state index in [0.717, 1.165) is 17.7 Å². The van der Waals surface area contributed by atoms with E-state index in [1.54, 1.807) is 6.08 Å². The summed E-state index contributed by atoms with van der Waals surface area (Å²) in [6, 6.07) is 15.9. The summed E-state index contributed by atoms with van der Waals surface area (Å²) in [7, 11) is 0. The Kier molecular flexibility index (Phi) is 6.26. The molecule has 1 amide bonds. The molecule has 1 N–H and O–H groups in total. The van der Waals surface area contributed by atoms with Gasteiger partial charge in [0, 0.05) is 24.2 Å². The molecule has 3 nitrogen and oxygen atoms in total. The van der Waals surface area contributed by atoms with E-state index in [9.17, 15) is 4.79 Å². The lowest BCUT2D eigenvalue weighted by molar-refractivity contribution is -0.116. The molecule has 0 bridgehead atoms. The second-order valence-corrected chi connectivity index (χ2v) is 6.78. The molecule has 2 aromatic carbocycles. The van der Waals surface area contributed by atoms with Crippen LogP contribution >= 0.6 is 11.6 Å². The molecule has 1 saturated heterocycles. The second kappa shape index (κ2) is 8.84. The van der Waals surface area contributed by atoms with Crippen LogP contribution in [0.2, 0.25) is 5.02 Å². The molecule has 0 aliphatic carbocycles. The Hall–Kier alpha value is -2.10. The zero-order valence-corrected chi connectivity index (χ0v) is 15.0. The molecule has 4 heteroatoms. The second-order valence-electron chi connectivity index (χ2n) is 6.38. The third-order valence-electron chi connectivity index (χ3n) is 4.38. The molecule has 1 fully saturated rings. The van der Waals surface area contributed by atoms with Gasteiger partial charge in [-0.1, -0.05) is 54.1 Å². The number of likely N-dealkylation sites (tertiary alicyclic amines) is 1. The number of carbonyl (C=O) groups excluding carboxylic acids is 1.